The van der Waals surface area contributed by atoms with Crippen LogP contribution in [0.3, 0.4) is 0 Å². The van der Waals surface area contributed by atoms with Crippen LogP contribution in [-0.4, -0.2) is 185 Å². The van der Waals surface area contributed by atoms with Crippen molar-refractivity contribution in [2.24, 2.45) is 16.2 Å². The zero-order valence-electron chi connectivity index (χ0n) is 25.9. The van der Waals surface area contributed by atoms with Gasteiger partial charge in [0.15, 0.2) is 0 Å². The third-order valence-corrected chi connectivity index (χ3v) is 4.72. The van der Waals surface area contributed by atoms with Crippen molar-refractivity contribution in [3.8, 4) is 0 Å². The van der Waals surface area contributed by atoms with Gasteiger partial charge in [0.2, 0.25) is 0 Å². The molecule has 0 saturated carbocycles. The molecule has 0 fully saturated rings. The molecule has 0 unspecified atom stereocenters. The molecule has 0 saturated heterocycles. The molecule has 47 heavy (non-hydrogen) atoms. The molecule has 0 aliphatic rings. The van der Waals surface area contributed by atoms with Gasteiger partial charge in [-0.3, -0.25) is 0 Å². The van der Waals surface area contributed by atoms with Gasteiger partial charge in [-0.2, -0.15) is 0 Å². The smallest absolute Gasteiger partial charge is 0.327 e. The van der Waals surface area contributed by atoms with E-state index in [2.05, 4.69) is 26.3 Å². The van der Waals surface area contributed by atoms with Gasteiger partial charge in [0, 0.05) is 24.3 Å². The SMILES string of the molecule is C=CC(=O)O.C=CC(=O)O.C=CC(=O)O.C=CC(=O)O.OCC(CO)(CO)CO.OCC(CO)(CO)CO.OCC(CO)(CO)CO. The van der Waals surface area contributed by atoms with Gasteiger partial charge < -0.3 is 81.7 Å². The third kappa shape index (κ3) is 42.4. The van der Waals surface area contributed by atoms with E-state index in [1.54, 1.807) is 0 Å². The minimum atomic E-state index is -1.11. The van der Waals surface area contributed by atoms with E-state index in [0.29, 0.717) is 0 Å². The Balaban J connectivity index is -0.0000000810. The summed E-state index contributed by atoms with van der Waals surface area (Å²) in [5, 5.41) is 132. The second-order valence-corrected chi connectivity index (χ2v) is 8.57. The first-order valence-electron chi connectivity index (χ1n) is 12.5. The molecule has 0 aromatic heterocycles. The van der Waals surface area contributed by atoms with Gasteiger partial charge >= 0.3 is 23.9 Å². The number of rotatable bonds is 16. The zero-order valence-corrected chi connectivity index (χ0v) is 25.9. The maximum Gasteiger partial charge on any atom is 0.327 e. The summed E-state index contributed by atoms with van der Waals surface area (Å²) in [7, 11) is 0. The average molecular weight is 697 g/mol. The van der Waals surface area contributed by atoms with Crippen molar-refractivity contribution in [1.82, 2.24) is 0 Å². The first kappa shape index (κ1) is 58.9. The highest BCUT2D eigenvalue weighted by Crippen LogP contribution is 2.13. The predicted octanol–water partition coefficient (Wildman–Crippen LogP) is -5.15. The van der Waals surface area contributed by atoms with Crippen molar-refractivity contribution in [2.45, 2.75) is 0 Å². The Labute approximate surface area is 271 Å². The van der Waals surface area contributed by atoms with Gasteiger partial charge in [-0.05, 0) is 0 Å². The highest BCUT2D eigenvalue weighted by Gasteiger charge is 2.27. The Bertz CT molecular complexity index is 630. The van der Waals surface area contributed by atoms with Gasteiger partial charge in [0.1, 0.15) is 0 Å². The molecule has 0 rings (SSSR count). The lowest BCUT2D eigenvalue weighted by Crippen LogP contribution is -2.37. The Hall–Kier alpha value is -3.64. The van der Waals surface area contributed by atoms with E-state index >= 15 is 0 Å². The van der Waals surface area contributed by atoms with Crippen LogP contribution in [0.2, 0.25) is 0 Å². The molecule has 16 N–H and O–H groups in total. The molecule has 0 aliphatic carbocycles. The third-order valence-electron chi connectivity index (χ3n) is 4.72. The summed E-state index contributed by atoms with van der Waals surface area (Å²) in [5.74, 6) is -3.93. The average Bonchev–Trinajstić information content (AvgIpc) is 3.10. The normalized spacial score (nSPS) is 9.62. The molecule has 0 radical (unpaired) electrons. The van der Waals surface area contributed by atoms with Gasteiger partial charge in [0.25, 0.3) is 0 Å². The van der Waals surface area contributed by atoms with Crippen LogP contribution in [0.5, 0.6) is 0 Å². The highest BCUT2D eigenvalue weighted by atomic mass is 16.4. The Morgan fingerprint density at radius 2 is 0.383 bits per heavy atom. The maximum atomic E-state index is 9.25. The van der Waals surface area contributed by atoms with Gasteiger partial charge in [-0.25, -0.2) is 19.2 Å². The minimum absolute atomic E-state index is 0.406. The van der Waals surface area contributed by atoms with E-state index in [0.717, 1.165) is 24.3 Å². The highest BCUT2D eigenvalue weighted by molar-refractivity contribution is 5.79. The summed E-state index contributed by atoms with van der Waals surface area (Å²) < 4.78 is 0. The fourth-order valence-corrected chi connectivity index (χ4v) is 0.900. The molecule has 0 heterocycles. The molecule has 0 atom stereocenters. The summed E-state index contributed by atoms with van der Waals surface area (Å²) in [6.07, 6.45) is 3.33. The molecule has 0 aromatic rings. The molecular weight excluding hydrogens is 644 g/mol. The molecule has 0 aromatic carbocycles. The molecule has 20 heteroatoms. The molecule has 0 spiro atoms. The Morgan fingerprint density at radius 3 is 0.383 bits per heavy atom. The summed E-state index contributed by atoms with van der Waals surface area (Å²) in [5.41, 5.74) is -3.33. The largest absolute Gasteiger partial charge is 0.478 e. The van der Waals surface area contributed by atoms with Crippen molar-refractivity contribution in [3.63, 3.8) is 0 Å². The summed E-state index contributed by atoms with van der Waals surface area (Å²) in [6, 6.07) is 0. The van der Waals surface area contributed by atoms with Crippen molar-refractivity contribution < 1.29 is 101 Å². The van der Waals surface area contributed by atoms with Crippen molar-refractivity contribution >= 4 is 23.9 Å². The number of hydrogen-bond acceptors (Lipinski definition) is 16. The first-order valence-corrected chi connectivity index (χ1v) is 12.5. The van der Waals surface area contributed by atoms with Crippen LogP contribution in [0, 0.1) is 16.2 Å². The van der Waals surface area contributed by atoms with Gasteiger partial charge in [-0.1, -0.05) is 26.3 Å². The van der Waals surface area contributed by atoms with Crippen LogP contribution < -0.4 is 0 Å². The lowest BCUT2D eigenvalue weighted by molar-refractivity contribution is -0.132. The summed E-state index contributed by atoms with van der Waals surface area (Å²) in [4.78, 5) is 37.0. The predicted molar refractivity (Wildman–Crippen MR) is 164 cm³/mol. The topological polar surface area (TPSA) is 392 Å². The summed E-state index contributed by atoms with van der Waals surface area (Å²) in [6.45, 7) is 6.97. The number of aliphatic hydroxyl groups is 12. The fourth-order valence-electron chi connectivity index (χ4n) is 0.900. The van der Waals surface area contributed by atoms with E-state index in [-0.39, 0.29) is 0 Å². The van der Waals surface area contributed by atoms with Crippen LogP contribution in [0.1, 0.15) is 0 Å². The van der Waals surface area contributed by atoms with E-state index in [1.807, 2.05) is 0 Å². The Kier molecular flexibility index (Phi) is 50.6. The summed E-state index contributed by atoms with van der Waals surface area (Å²) >= 11 is 0. The molecule has 0 amide bonds. The minimum Gasteiger partial charge on any atom is -0.478 e. The lowest BCUT2D eigenvalue weighted by atomic mass is 9.93. The zero-order chi connectivity index (χ0) is 39.1. The molecule has 280 valence electrons. The van der Waals surface area contributed by atoms with E-state index in [9.17, 15) is 19.2 Å². The van der Waals surface area contributed by atoms with Gasteiger partial charge in [0.05, 0.1) is 95.5 Å². The lowest BCUT2D eigenvalue weighted by Gasteiger charge is -2.23. The van der Waals surface area contributed by atoms with Crippen LogP contribution in [0.15, 0.2) is 50.6 Å². The number of carbonyl (C=O) groups is 4. The maximum absolute atomic E-state index is 9.25. The molecular formula is C27H52O20. The number of carboxylic acid groups (broad SMARTS) is 4. The van der Waals surface area contributed by atoms with E-state index in [1.165, 1.54) is 0 Å². The Morgan fingerprint density at radius 1 is 0.319 bits per heavy atom. The fraction of sp³-hybridized carbons (Fsp3) is 0.556. The molecule has 0 bridgehead atoms. The van der Waals surface area contributed by atoms with Crippen LogP contribution in [0.25, 0.3) is 0 Å². The quantitative estimate of drug-likeness (QED) is 0.0670. The van der Waals surface area contributed by atoms with Crippen molar-refractivity contribution in [3.05, 3.63) is 50.6 Å². The molecule has 0 aliphatic heterocycles. The second-order valence-electron chi connectivity index (χ2n) is 8.57. The van der Waals surface area contributed by atoms with Crippen molar-refractivity contribution in [1.29, 1.82) is 0 Å². The van der Waals surface area contributed by atoms with E-state index < -0.39 is 119 Å². The number of aliphatic carboxylic acids is 4. The first-order chi connectivity index (χ1) is 21.8. The van der Waals surface area contributed by atoms with Crippen LogP contribution in [-0.2, 0) is 19.2 Å². The molecule has 20 nitrogen and oxygen atoms in total. The second kappa shape index (κ2) is 40.4. The van der Waals surface area contributed by atoms with Gasteiger partial charge in [-0.15, -0.1) is 0 Å². The van der Waals surface area contributed by atoms with Crippen LogP contribution in [0.4, 0.5) is 0 Å². The standard InChI is InChI=1S/3C5H12O4.4C3H4O2/c3*6-1-5(2-7,3-8)4-9;4*1-2-3(4)5/h3*6-9H,1-4H2;4*2H,1H2,(H,4,5). The monoisotopic (exact) mass is 696 g/mol. The van der Waals surface area contributed by atoms with Crippen molar-refractivity contribution in [2.75, 3.05) is 79.3 Å². The number of carboxylic acids is 4. The number of aliphatic hydroxyl groups excluding tert-OH is 12. The number of hydrogen-bond donors (Lipinski definition) is 16. The van der Waals surface area contributed by atoms with Crippen LogP contribution >= 0.6 is 0 Å². The van der Waals surface area contributed by atoms with E-state index in [4.69, 9.17) is 81.7 Å².